The Labute approximate surface area is 276 Å². The van der Waals surface area contributed by atoms with E-state index in [1.54, 1.807) is 56.5 Å². The van der Waals surface area contributed by atoms with Crippen LogP contribution in [0.5, 0.6) is 5.75 Å². The summed E-state index contributed by atoms with van der Waals surface area (Å²) >= 11 is 3.56. The Morgan fingerprint density at radius 2 is 1.67 bits per heavy atom. The zero-order valence-electron chi connectivity index (χ0n) is 26.2. The number of amides is 2. The van der Waals surface area contributed by atoms with Crippen molar-refractivity contribution in [1.82, 2.24) is 4.98 Å². The summed E-state index contributed by atoms with van der Waals surface area (Å²) in [5, 5.41) is 0.603. The van der Waals surface area contributed by atoms with Crippen LogP contribution in [0.4, 0.5) is 5.69 Å². The van der Waals surface area contributed by atoms with Crippen LogP contribution in [-0.4, -0.2) is 41.8 Å². The molecular formula is C37H35BrN2O6. The highest BCUT2D eigenvalue weighted by Gasteiger charge is 2.50. The second-order valence-electron chi connectivity index (χ2n) is 12.2. The molecule has 0 N–H and O–H groups in total. The van der Waals surface area contributed by atoms with E-state index in [1.165, 1.54) is 4.90 Å². The first-order chi connectivity index (χ1) is 22.1. The zero-order valence-corrected chi connectivity index (χ0v) is 27.8. The van der Waals surface area contributed by atoms with Crippen LogP contribution >= 0.6 is 15.9 Å². The van der Waals surface area contributed by atoms with Gasteiger partial charge in [0.15, 0.2) is 6.10 Å². The molecular weight excluding hydrogens is 648 g/mol. The molecule has 0 radical (unpaired) electrons. The summed E-state index contributed by atoms with van der Waals surface area (Å²) in [4.78, 5) is 59.6. The minimum atomic E-state index is -1.04. The van der Waals surface area contributed by atoms with E-state index in [0.29, 0.717) is 51.5 Å². The Bertz CT molecular complexity index is 1850. The number of Topliss-reactive ketones (excluding diaryl/α,β-unsaturated/α-hetero) is 1. The summed E-state index contributed by atoms with van der Waals surface area (Å²) in [7, 11) is 1.55. The topological polar surface area (TPSA) is 103 Å². The van der Waals surface area contributed by atoms with E-state index in [-0.39, 0.29) is 35.0 Å². The number of ketones is 1. The molecule has 9 heteroatoms. The van der Waals surface area contributed by atoms with Crippen molar-refractivity contribution in [3.63, 3.8) is 0 Å². The van der Waals surface area contributed by atoms with Crippen LogP contribution in [0.15, 0.2) is 71.2 Å². The number of rotatable bonds is 8. The van der Waals surface area contributed by atoms with Gasteiger partial charge in [0.2, 0.25) is 17.6 Å². The molecule has 0 spiro atoms. The third kappa shape index (κ3) is 5.84. The van der Waals surface area contributed by atoms with Crippen LogP contribution in [-0.2, 0) is 20.7 Å². The van der Waals surface area contributed by atoms with Crippen LogP contribution in [0.2, 0.25) is 0 Å². The van der Waals surface area contributed by atoms with Crippen molar-refractivity contribution in [1.29, 1.82) is 0 Å². The van der Waals surface area contributed by atoms with Crippen molar-refractivity contribution < 1.29 is 28.7 Å². The highest BCUT2D eigenvalue weighted by molar-refractivity contribution is 9.10. The average molecular weight is 684 g/mol. The molecule has 4 aromatic rings. The van der Waals surface area contributed by atoms with Crippen LogP contribution in [0.25, 0.3) is 22.2 Å². The van der Waals surface area contributed by atoms with Crippen molar-refractivity contribution in [2.45, 2.75) is 52.6 Å². The number of ether oxygens (including phenoxy) is 2. The summed E-state index contributed by atoms with van der Waals surface area (Å²) in [6.07, 6.45) is 2.07. The monoisotopic (exact) mass is 682 g/mol. The Morgan fingerprint density at radius 3 is 2.35 bits per heavy atom. The number of pyridine rings is 1. The number of anilines is 1. The van der Waals surface area contributed by atoms with Gasteiger partial charge in [-0.25, -0.2) is 9.78 Å². The molecule has 8 nitrogen and oxygen atoms in total. The molecule has 3 aromatic carbocycles. The molecule has 46 heavy (non-hydrogen) atoms. The number of hydrogen-bond donors (Lipinski definition) is 0. The van der Waals surface area contributed by atoms with E-state index in [2.05, 4.69) is 22.9 Å². The summed E-state index contributed by atoms with van der Waals surface area (Å²) in [6.45, 7) is 5.70. The molecule has 2 fully saturated rings. The van der Waals surface area contributed by atoms with Gasteiger partial charge in [0.25, 0.3) is 0 Å². The summed E-state index contributed by atoms with van der Waals surface area (Å²) in [6, 6.07) is 19.2. The number of imide groups is 1. The van der Waals surface area contributed by atoms with Crippen LogP contribution in [0, 0.1) is 17.8 Å². The molecule has 1 saturated heterocycles. The third-order valence-electron chi connectivity index (χ3n) is 9.19. The Hall–Kier alpha value is -4.37. The minimum Gasteiger partial charge on any atom is -0.497 e. The lowest BCUT2D eigenvalue weighted by atomic mass is 9.76. The molecule has 1 saturated carbocycles. The predicted molar refractivity (Wildman–Crippen MR) is 179 cm³/mol. The third-order valence-corrected chi connectivity index (χ3v) is 9.65. The van der Waals surface area contributed by atoms with E-state index in [0.717, 1.165) is 29.3 Å². The summed E-state index contributed by atoms with van der Waals surface area (Å²) in [5.41, 5.74) is 4.03. The van der Waals surface area contributed by atoms with Crippen molar-refractivity contribution in [3.8, 4) is 17.0 Å². The fraction of sp³-hybridized carbons (Fsp3) is 0.324. The summed E-state index contributed by atoms with van der Waals surface area (Å²) in [5.74, 6) is -0.682. The standard InChI is InChI=1S/C37H35BrN2O6/c1-5-22-17-25(38)18-29-31(37(44)46-21(3)34(41)24-9-13-27(45-4)14-10-24)19-32(39-33(22)29)23-7-11-26(12-8-23)40-35(42)28-15-6-20(2)16-30(28)36(40)43/h7-14,17-21,28,30H,5-6,15-16H2,1-4H3. The number of fused-ring (bicyclic) bond motifs is 2. The zero-order chi connectivity index (χ0) is 32.7. The number of esters is 1. The number of hydrogen-bond acceptors (Lipinski definition) is 7. The molecule has 4 atom stereocenters. The van der Waals surface area contributed by atoms with E-state index >= 15 is 0 Å². The minimum absolute atomic E-state index is 0.125. The van der Waals surface area contributed by atoms with Crippen molar-refractivity contribution in [2.75, 3.05) is 12.0 Å². The first-order valence-electron chi connectivity index (χ1n) is 15.6. The van der Waals surface area contributed by atoms with Crippen LogP contribution < -0.4 is 9.64 Å². The average Bonchev–Trinajstić information content (AvgIpc) is 3.31. The van der Waals surface area contributed by atoms with Crippen molar-refractivity contribution in [2.24, 2.45) is 17.8 Å². The van der Waals surface area contributed by atoms with Crippen LogP contribution in [0.1, 0.15) is 66.3 Å². The molecule has 2 amide bonds. The van der Waals surface area contributed by atoms with Crippen molar-refractivity contribution in [3.05, 3.63) is 87.9 Å². The number of carbonyl (C=O) groups is 4. The van der Waals surface area contributed by atoms with E-state index < -0.39 is 12.1 Å². The first kappa shape index (κ1) is 31.6. The first-order valence-corrected chi connectivity index (χ1v) is 16.4. The number of halogens is 1. The highest BCUT2D eigenvalue weighted by Crippen LogP contribution is 2.42. The fourth-order valence-corrected chi connectivity index (χ4v) is 7.14. The lowest BCUT2D eigenvalue weighted by Gasteiger charge is -2.25. The van der Waals surface area contributed by atoms with E-state index in [9.17, 15) is 19.2 Å². The lowest BCUT2D eigenvalue weighted by molar-refractivity contribution is -0.122. The van der Waals surface area contributed by atoms with Gasteiger partial charge in [-0.2, -0.15) is 0 Å². The molecule has 236 valence electrons. The van der Waals surface area contributed by atoms with Crippen molar-refractivity contribution >= 4 is 56.1 Å². The van der Waals surface area contributed by atoms with Gasteiger partial charge in [0.05, 0.1) is 41.4 Å². The molecule has 6 rings (SSSR count). The number of benzene rings is 3. The molecule has 0 bridgehead atoms. The summed E-state index contributed by atoms with van der Waals surface area (Å²) < 4.78 is 11.7. The SMILES string of the molecule is CCc1cc(Br)cc2c(C(=O)OC(C)C(=O)c3ccc(OC)cc3)cc(-c3ccc(N4C(=O)C5CCC(C)CC5C4=O)cc3)nc12. The van der Waals surface area contributed by atoms with Gasteiger partial charge >= 0.3 is 5.97 Å². The molecule has 1 aromatic heterocycles. The lowest BCUT2D eigenvalue weighted by Crippen LogP contribution is -2.30. The number of methoxy groups -OCH3 is 1. The smallest absolute Gasteiger partial charge is 0.339 e. The molecule has 1 aliphatic carbocycles. The number of aromatic nitrogens is 1. The second kappa shape index (κ2) is 12.8. The van der Waals surface area contributed by atoms with Gasteiger partial charge in [0.1, 0.15) is 5.75 Å². The predicted octanol–water partition coefficient (Wildman–Crippen LogP) is 7.59. The van der Waals surface area contributed by atoms with Gasteiger partial charge in [-0.3, -0.25) is 19.3 Å². The number of carbonyl (C=O) groups excluding carboxylic acids is 4. The van der Waals surface area contributed by atoms with Gasteiger partial charge in [-0.15, -0.1) is 0 Å². The number of aryl methyl sites for hydroxylation is 1. The number of nitrogens with zero attached hydrogens (tertiary/aromatic N) is 2. The maximum absolute atomic E-state index is 13.7. The van der Waals surface area contributed by atoms with Gasteiger partial charge in [-0.05, 0) is 98.7 Å². The van der Waals surface area contributed by atoms with Crippen LogP contribution in [0.3, 0.4) is 0 Å². The molecule has 4 unspecified atom stereocenters. The van der Waals surface area contributed by atoms with Gasteiger partial charge < -0.3 is 9.47 Å². The molecule has 2 heterocycles. The maximum atomic E-state index is 13.7. The van der Waals surface area contributed by atoms with E-state index in [4.69, 9.17) is 14.5 Å². The normalized spacial score (nSPS) is 20.0. The largest absolute Gasteiger partial charge is 0.497 e. The fourth-order valence-electron chi connectivity index (χ4n) is 6.64. The van der Waals surface area contributed by atoms with E-state index in [1.807, 2.05) is 31.2 Å². The Kier molecular flexibility index (Phi) is 8.79. The maximum Gasteiger partial charge on any atom is 0.339 e. The molecule has 1 aliphatic heterocycles. The second-order valence-corrected chi connectivity index (χ2v) is 13.1. The quantitative estimate of drug-likeness (QED) is 0.107. The Morgan fingerprint density at radius 1 is 0.978 bits per heavy atom. The molecule has 2 aliphatic rings. The highest BCUT2D eigenvalue weighted by atomic mass is 79.9. The Balaban J connectivity index is 1.32. The van der Waals surface area contributed by atoms with Gasteiger partial charge in [0, 0.05) is 21.0 Å². The van der Waals surface area contributed by atoms with Gasteiger partial charge in [-0.1, -0.05) is 41.9 Å².